The Morgan fingerprint density at radius 3 is 2.73 bits per heavy atom. The second-order valence-electron chi connectivity index (χ2n) is 4.09. The number of nitrogens with one attached hydrogen (secondary N) is 1. The topological polar surface area (TPSA) is 26.2 Å². The molecule has 1 aromatic rings. The van der Waals surface area contributed by atoms with Crippen molar-refractivity contribution in [3.63, 3.8) is 0 Å². The van der Waals surface area contributed by atoms with Crippen LogP contribution in [-0.4, -0.2) is 18.2 Å². The molecule has 0 amide bonds. The highest BCUT2D eigenvalue weighted by molar-refractivity contribution is 5.15. The fourth-order valence-corrected chi connectivity index (χ4v) is 1.81. The summed E-state index contributed by atoms with van der Waals surface area (Å²) in [6, 6.07) is 2.58. The Balaban J connectivity index is 2.65. The Hall–Kier alpha value is -0.800. The molecule has 0 aliphatic heterocycles. The van der Waals surface area contributed by atoms with Gasteiger partial charge in [0, 0.05) is 25.0 Å². The molecule has 0 radical (unpaired) electrons. The van der Waals surface area contributed by atoms with Crippen LogP contribution in [0.3, 0.4) is 0 Å². The van der Waals surface area contributed by atoms with E-state index >= 15 is 0 Å². The summed E-state index contributed by atoms with van der Waals surface area (Å²) in [4.78, 5) is 0. The van der Waals surface area contributed by atoms with Gasteiger partial charge >= 0.3 is 0 Å². The Bertz CT molecular complexity index is 281. The average molecular weight is 210 g/mol. The van der Waals surface area contributed by atoms with Gasteiger partial charge in [-0.25, -0.2) is 0 Å². The van der Waals surface area contributed by atoms with Crippen LogP contribution in [0.25, 0.3) is 0 Å². The molecule has 1 heterocycles. The van der Waals surface area contributed by atoms with Crippen molar-refractivity contribution in [1.29, 1.82) is 0 Å². The number of aromatic nitrogens is 1. The minimum absolute atomic E-state index is 0.424. The van der Waals surface area contributed by atoms with Crippen LogP contribution in [0.4, 0.5) is 0 Å². The maximum atomic E-state index is 5.35. The van der Waals surface area contributed by atoms with Crippen molar-refractivity contribution in [2.75, 3.05) is 13.7 Å². The summed E-state index contributed by atoms with van der Waals surface area (Å²) >= 11 is 0. The third-order valence-corrected chi connectivity index (χ3v) is 2.55. The Kier molecular flexibility index (Phi) is 4.85. The first-order valence-electron chi connectivity index (χ1n) is 5.59. The van der Waals surface area contributed by atoms with Crippen LogP contribution >= 0.6 is 0 Å². The largest absolute Gasteiger partial charge is 0.361 e. The van der Waals surface area contributed by atoms with Crippen LogP contribution in [-0.2, 0) is 11.5 Å². The van der Waals surface area contributed by atoms with Crippen molar-refractivity contribution in [2.45, 2.75) is 33.5 Å². The summed E-state index contributed by atoms with van der Waals surface area (Å²) in [7, 11) is 2.00. The molecule has 1 unspecified atom stereocenters. The summed E-state index contributed by atoms with van der Waals surface area (Å²) < 4.78 is 7.42. The van der Waals surface area contributed by atoms with Crippen LogP contribution in [0.5, 0.6) is 0 Å². The van der Waals surface area contributed by atoms with Gasteiger partial charge in [0.25, 0.3) is 0 Å². The van der Waals surface area contributed by atoms with E-state index in [9.17, 15) is 0 Å². The van der Waals surface area contributed by atoms with E-state index in [1.165, 1.54) is 5.56 Å². The molecule has 1 rings (SSSR count). The van der Waals surface area contributed by atoms with Gasteiger partial charge in [0.05, 0.1) is 0 Å². The van der Waals surface area contributed by atoms with Crippen molar-refractivity contribution in [3.05, 3.63) is 24.0 Å². The monoisotopic (exact) mass is 210 g/mol. The van der Waals surface area contributed by atoms with Crippen molar-refractivity contribution < 1.29 is 4.74 Å². The molecule has 0 aliphatic carbocycles. The van der Waals surface area contributed by atoms with E-state index in [0.29, 0.717) is 18.7 Å². The molecule has 0 spiro atoms. The van der Waals surface area contributed by atoms with E-state index in [0.717, 1.165) is 6.61 Å². The first-order chi connectivity index (χ1) is 7.19. The third kappa shape index (κ3) is 3.36. The molecular formula is C12H22N2O. The summed E-state index contributed by atoms with van der Waals surface area (Å²) in [5, 5.41) is 3.33. The van der Waals surface area contributed by atoms with Crippen LogP contribution in [0, 0.1) is 5.92 Å². The van der Waals surface area contributed by atoms with Crippen LogP contribution < -0.4 is 5.32 Å². The lowest BCUT2D eigenvalue weighted by Gasteiger charge is -2.18. The van der Waals surface area contributed by atoms with Gasteiger partial charge in [-0.05, 0) is 31.5 Å². The van der Waals surface area contributed by atoms with Gasteiger partial charge in [0.2, 0.25) is 0 Å². The van der Waals surface area contributed by atoms with E-state index in [2.05, 4.69) is 42.2 Å². The maximum Gasteiger partial charge on any atom is 0.122 e. The third-order valence-electron chi connectivity index (χ3n) is 2.55. The molecule has 0 bridgehead atoms. The molecule has 15 heavy (non-hydrogen) atoms. The lowest BCUT2D eigenvalue weighted by atomic mass is 9.99. The van der Waals surface area contributed by atoms with E-state index in [4.69, 9.17) is 4.74 Å². The van der Waals surface area contributed by atoms with Crippen molar-refractivity contribution in [2.24, 2.45) is 5.92 Å². The molecule has 86 valence electrons. The molecular weight excluding hydrogens is 188 g/mol. The molecule has 0 aromatic carbocycles. The smallest absolute Gasteiger partial charge is 0.122 e. The van der Waals surface area contributed by atoms with E-state index in [-0.39, 0.29) is 0 Å². The zero-order chi connectivity index (χ0) is 11.3. The number of rotatable bonds is 6. The summed E-state index contributed by atoms with van der Waals surface area (Å²) in [6.07, 6.45) is 4.22. The summed E-state index contributed by atoms with van der Waals surface area (Å²) in [5.41, 5.74) is 1.33. The van der Waals surface area contributed by atoms with E-state index in [1.54, 1.807) is 0 Å². The minimum atomic E-state index is 0.424. The average Bonchev–Trinajstić information content (AvgIpc) is 2.64. The van der Waals surface area contributed by atoms with Gasteiger partial charge in [0.15, 0.2) is 0 Å². The van der Waals surface area contributed by atoms with Crippen molar-refractivity contribution in [1.82, 2.24) is 9.88 Å². The fourth-order valence-electron chi connectivity index (χ4n) is 1.81. The number of hydrogen-bond donors (Lipinski definition) is 1. The lowest BCUT2D eigenvalue weighted by Crippen LogP contribution is -2.21. The zero-order valence-corrected chi connectivity index (χ0v) is 10.2. The zero-order valence-electron chi connectivity index (χ0n) is 10.2. The Morgan fingerprint density at radius 1 is 1.47 bits per heavy atom. The van der Waals surface area contributed by atoms with Gasteiger partial charge in [-0.2, -0.15) is 0 Å². The first-order valence-corrected chi connectivity index (χ1v) is 5.59. The number of hydrogen-bond acceptors (Lipinski definition) is 2. The van der Waals surface area contributed by atoms with Crippen molar-refractivity contribution >= 4 is 0 Å². The second-order valence-corrected chi connectivity index (χ2v) is 4.09. The van der Waals surface area contributed by atoms with Crippen LogP contribution in [0.15, 0.2) is 18.5 Å². The van der Waals surface area contributed by atoms with E-state index < -0.39 is 0 Å². The minimum Gasteiger partial charge on any atom is -0.361 e. The lowest BCUT2D eigenvalue weighted by molar-refractivity contribution is 0.0880. The predicted molar refractivity (Wildman–Crippen MR) is 62.7 cm³/mol. The second kappa shape index (κ2) is 5.93. The SMILES string of the molecule is CCOCn1ccc(C(NC)C(C)C)c1. The maximum absolute atomic E-state index is 5.35. The van der Waals surface area contributed by atoms with E-state index in [1.807, 2.05) is 14.0 Å². The standard InChI is InChI=1S/C12H22N2O/c1-5-15-9-14-7-6-11(8-14)12(13-4)10(2)3/h6-8,10,12-13H,5,9H2,1-4H3. The Morgan fingerprint density at radius 2 is 2.20 bits per heavy atom. The quantitative estimate of drug-likeness (QED) is 0.780. The summed E-state index contributed by atoms with van der Waals surface area (Å²) in [6.45, 7) is 7.86. The summed E-state index contributed by atoms with van der Waals surface area (Å²) in [5.74, 6) is 0.595. The first kappa shape index (κ1) is 12.3. The highest BCUT2D eigenvalue weighted by Crippen LogP contribution is 2.21. The van der Waals surface area contributed by atoms with Gasteiger partial charge in [-0.1, -0.05) is 13.8 Å². The fraction of sp³-hybridized carbons (Fsp3) is 0.667. The van der Waals surface area contributed by atoms with Gasteiger partial charge < -0.3 is 14.6 Å². The molecule has 1 atom stereocenters. The molecule has 0 saturated heterocycles. The van der Waals surface area contributed by atoms with Crippen LogP contribution in [0.1, 0.15) is 32.4 Å². The normalized spacial score (nSPS) is 13.4. The van der Waals surface area contributed by atoms with Crippen molar-refractivity contribution in [3.8, 4) is 0 Å². The van der Waals surface area contributed by atoms with Gasteiger partial charge in [0.1, 0.15) is 6.73 Å². The molecule has 3 nitrogen and oxygen atoms in total. The van der Waals surface area contributed by atoms with Crippen LogP contribution in [0.2, 0.25) is 0 Å². The Labute approximate surface area is 92.4 Å². The molecule has 0 aliphatic rings. The van der Waals surface area contributed by atoms with Gasteiger partial charge in [-0.15, -0.1) is 0 Å². The molecule has 1 N–H and O–H groups in total. The molecule has 1 aromatic heterocycles. The molecule has 0 fully saturated rings. The van der Waals surface area contributed by atoms with Gasteiger partial charge in [-0.3, -0.25) is 0 Å². The number of ether oxygens (including phenoxy) is 1. The number of nitrogens with zero attached hydrogens (tertiary/aromatic N) is 1. The highest BCUT2D eigenvalue weighted by Gasteiger charge is 2.14. The molecule has 3 heteroatoms. The highest BCUT2D eigenvalue weighted by atomic mass is 16.5. The predicted octanol–water partition coefficient (Wildman–Crippen LogP) is 2.40. The molecule has 0 saturated carbocycles.